The van der Waals surface area contributed by atoms with Gasteiger partial charge in [-0.15, -0.1) is 0 Å². The van der Waals surface area contributed by atoms with Crippen molar-refractivity contribution in [1.82, 2.24) is 5.32 Å². The van der Waals surface area contributed by atoms with Gasteiger partial charge in [-0.1, -0.05) is 35.0 Å². The van der Waals surface area contributed by atoms with E-state index >= 15 is 0 Å². The summed E-state index contributed by atoms with van der Waals surface area (Å²) in [5.41, 5.74) is 2.35. The maximum absolute atomic E-state index is 5.98. The molecular formula is C17H20BrNO. The van der Waals surface area contributed by atoms with E-state index in [1.165, 1.54) is 5.56 Å². The fourth-order valence-electron chi connectivity index (χ4n) is 2.13. The Morgan fingerprint density at radius 1 is 1.20 bits per heavy atom. The van der Waals surface area contributed by atoms with Gasteiger partial charge in [-0.05, 0) is 61.9 Å². The Kier molecular flexibility index (Phi) is 5.21. The molecule has 1 N–H and O–H groups in total. The Labute approximate surface area is 129 Å². The molecule has 106 valence electrons. The van der Waals surface area contributed by atoms with E-state index in [-0.39, 0.29) is 0 Å². The highest BCUT2D eigenvalue weighted by atomic mass is 79.9. The molecule has 3 heteroatoms. The van der Waals surface area contributed by atoms with Crippen LogP contribution in [0.25, 0.3) is 0 Å². The molecule has 2 rings (SSSR count). The molecule has 20 heavy (non-hydrogen) atoms. The second-order valence-corrected chi connectivity index (χ2v) is 5.78. The molecule has 0 fully saturated rings. The largest absolute Gasteiger partial charge is 0.457 e. The molecule has 0 aliphatic rings. The fourth-order valence-corrected chi connectivity index (χ4v) is 2.60. The molecule has 0 aliphatic carbocycles. The van der Waals surface area contributed by atoms with Gasteiger partial charge < -0.3 is 10.1 Å². The molecule has 0 radical (unpaired) electrons. The zero-order valence-electron chi connectivity index (χ0n) is 12.1. The van der Waals surface area contributed by atoms with Crippen molar-refractivity contribution in [3.63, 3.8) is 0 Å². The zero-order chi connectivity index (χ0) is 14.5. The molecule has 2 nitrogen and oxygen atoms in total. The second-order valence-electron chi connectivity index (χ2n) is 4.86. The lowest BCUT2D eigenvalue weighted by molar-refractivity contribution is 0.476. The van der Waals surface area contributed by atoms with Gasteiger partial charge in [0.25, 0.3) is 0 Å². The SMILES string of the molecule is CCNC(C)c1cccc(Oc2ccc(Br)cc2C)c1. The van der Waals surface area contributed by atoms with Gasteiger partial charge in [-0.25, -0.2) is 0 Å². The molecule has 1 atom stereocenters. The van der Waals surface area contributed by atoms with Gasteiger partial charge in [0, 0.05) is 10.5 Å². The van der Waals surface area contributed by atoms with Gasteiger partial charge in [0.05, 0.1) is 0 Å². The highest BCUT2D eigenvalue weighted by Crippen LogP contribution is 2.28. The maximum atomic E-state index is 5.98. The monoisotopic (exact) mass is 333 g/mol. The number of rotatable bonds is 5. The van der Waals surface area contributed by atoms with E-state index in [1.807, 2.05) is 31.2 Å². The Bertz CT molecular complexity index is 583. The quantitative estimate of drug-likeness (QED) is 0.809. The number of benzene rings is 2. The van der Waals surface area contributed by atoms with Crippen LogP contribution in [0.1, 0.15) is 31.0 Å². The Morgan fingerprint density at radius 3 is 2.70 bits per heavy atom. The minimum Gasteiger partial charge on any atom is -0.457 e. The van der Waals surface area contributed by atoms with Gasteiger partial charge in [0.2, 0.25) is 0 Å². The first kappa shape index (κ1) is 15.1. The van der Waals surface area contributed by atoms with E-state index in [0.717, 1.165) is 28.1 Å². The summed E-state index contributed by atoms with van der Waals surface area (Å²) in [7, 11) is 0. The van der Waals surface area contributed by atoms with E-state index in [0.29, 0.717) is 6.04 Å². The molecule has 2 aromatic rings. The van der Waals surface area contributed by atoms with E-state index in [4.69, 9.17) is 4.74 Å². The van der Waals surface area contributed by atoms with Crippen molar-refractivity contribution in [2.75, 3.05) is 6.54 Å². The van der Waals surface area contributed by atoms with Crippen LogP contribution in [-0.4, -0.2) is 6.54 Å². The predicted molar refractivity (Wildman–Crippen MR) is 87.5 cm³/mol. The third-order valence-corrected chi connectivity index (χ3v) is 3.73. The number of ether oxygens (including phenoxy) is 1. The topological polar surface area (TPSA) is 21.3 Å². The van der Waals surface area contributed by atoms with Crippen molar-refractivity contribution in [1.29, 1.82) is 0 Å². The number of halogens is 1. The van der Waals surface area contributed by atoms with Gasteiger partial charge in [0.1, 0.15) is 11.5 Å². The van der Waals surface area contributed by atoms with Crippen LogP contribution in [0.5, 0.6) is 11.5 Å². The van der Waals surface area contributed by atoms with Crippen LogP contribution in [0.3, 0.4) is 0 Å². The summed E-state index contributed by atoms with van der Waals surface area (Å²) in [6, 6.07) is 14.6. The van der Waals surface area contributed by atoms with Gasteiger partial charge in [0.15, 0.2) is 0 Å². The summed E-state index contributed by atoms with van der Waals surface area (Å²) in [5, 5.41) is 3.41. The normalized spacial score (nSPS) is 12.2. The molecule has 0 bridgehead atoms. The molecule has 0 aliphatic heterocycles. The van der Waals surface area contributed by atoms with E-state index in [1.54, 1.807) is 0 Å². The molecule has 0 spiro atoms. The standard InChI is InChI=1S/C17H20BrNO/c1-4-19-13(3)14-6-5-7-16(11-14)20-17-9-8-15(18)10-12(17)2/h5-11,13,19H,4H2,1-3H3. The van der Waals surface area contributed by atoms with Crippen LogP contribution in [0, 0.1) is 6.92 Å². The Morgan fingerprint density at radius 2 is 2.00 bits per heavy atom. The van der Waals surface area contributed by atoms with Crippen molar-refractivity contribution in [2.45, 2.75) is 26.8 Å². The molecule has 0 saturated heterocycles. The molecule has 0 amide bonds. The lowest BCUT2D eigenvalue weighted by Crippen LogP contribution is -2.17. The Balaban J connectivity index is 2.19. The van der Waals surface area contributed by atoms with Gasteiger partial charge >= 0.3 is 0 Å². The van der Waals surface area contributed by atoms with Crippen LogP contribution in [0.2, 0.25) is 0 Å². The van der Waals surface area contributed by atoms with Crippen LogP contribution in [-0.2, 0) is 0 Å². The number of hydrogen-bond donors (Lipinski definition) is 1. The van der Waals surface area contributed by atoms with Crippen molar-refractivity contribution >= 4 is 15.9 Å². The molecule has 0 aromatic heterocycles. The summed E-state index contributed by atoms with van der Waals surface area (Å²) in [6.07, 6.45) is 0. The average Bonchev–Trinajstić information content (AvgIpc) is 2.43. The molecule has 0 heterocycles. The smallest absolute Gasteiger partial charge is 0.130 e. The highest BCUT2D eigenvalue weighted by Gasteiger charge is 2.06. The number of aryl methyl sites for hydroxylation is 1. The molecular weight excluding hydrogens is 314 g/mol. The average molecular weight is 334 g/mol. The summed E-state index contributed by atoms with van der Waals surface area (Å²) in [4.78, 5) is 0. The highest BCUT2D eigenvalue weighted by molar-refractivity contribution is 9.10. The minimum atomic E-state index is 0.328. The second kappa shape index (κ2) is 6.91. The molecule has 2 aromatic carbocycles. The number of nitrogens with one attached hydrogen (secondary N) is 1. The lowest BCUT2D eigenvalue weighted by atomic mass is 10.1. The van der Waals surface area contributed by atoms with E-state index in [9.17, 15) is 0 Å². The first-order valence-electron chi connectivity index (χ1n) is 6.87. The summed E-state index contributed by atoms with van der Waals surface area (Å²) in [6.45, 7) is 7.28. The third-order valence-electron chi connectivity index (χ3n) is 3.23. The van der Waals surface area contributed by atoms with Gasteiger partial charge in [-0.3, -0.25) is 0 Å². The van der Waals surface area contributed by atoms with Crippen LogP contribution in [0.4, 0.5) is 0 Å². The first-order chi connectivity index (χ1) is 9.60. The van der Waals surface area contributed by atoms with Crippen molar-refractivity contribution in [2.24, 2.45) is 0 Å². The zero-order valence-corrected chi connectivity index (χ0v) is 13.7. The predicted octanol–water partition coefficient (Wildman–Crippen LogP) is 5.22. The first-order valence-corrected chi connectivity index (χ1v) is 7.66. The van der Waals surface area contributed by atoms with Crippen LogP contribution < -0.4 is 10.1 Å². The number of hydrogen-bond acceptors (Lipinski definition) is 2. The lowest BCUT2D eigenvalue weighted by Gasteiger charge is -2.15. The van der Waals surface area contributed by atoms with E-state index < -0.39 is 0 Å². The van der Waals surface area contributed by atoms with Crippen molar-refractivity contribution < 1.29 is 4.74 Å². The van der Waals surface area contributed by atoms with E-state index in [2.05, 4.69) is 53.3 Å². The summed E-state index contributed by atoms with van der Waals surface area (Å²) in [5.74, 6) is 1.76. The Hall–Kier alpha value is -1.32. The van der Waals surface area contributed by atoms with Crippen molar-refractivity contribution in [3.05, 3.63) is 58.1 Å². The molecule has 0 saturated carbocycles. The maximum Gasteiger partial charge on any atom is 0.130 e. The summed E-state index contributed by atoms with van der Waals surface area (Å²) >= 11 is 3.47. The van der Waals surface area contributed by atoms with Crippen molar-refractivity contribution in [3.8, 4) is 11.5 Å². The fraction of sp³-hybridized carbons (Fsp3) is 0.294. The van der Waals surface area contributed by atoms with Crippen LogP contribution in [0.15, 0.2) is 46.9 Å². The van der Waals surface area contributed by atoms with Crippen LogP contribution >= 0.6 is 15.9 Å². The summed E-state index contributed by atoms with van der Waals surface area (Å²) < 4.78 is 7.05. The third kappa shape index (κ3) is 3.84. The minimum absolute atomic E-state index is 0.328. The van der Waals surface area contributed by atoms with Gasteiger partial charge in [-0.2, -0.15) is 0 Å². The molecule has 1 unspecified atom stereocenters.